The fourth-order valence-corrected chi connectivity index (χ4v) is 2.71. The molecule has 14 heavy (non-hydrogen) atoms. The van der Waals surface area contributed by atoms with Crippen molar-refractivity contribution in [2.24, 2.45) is 11.3 Å². The van der Waals surface area contributed by atoms with Crippen molar-refractivity contribution in [2.75, 3.05) is 0 Å². The number of hydrogen-bond donors (Lipinski definition) is 0. The molecule has 0 spiro atoms. The van der Waals surface area contributed by atoms with Crippen LogP contribution in [0.3, 0.4) is 0 Å². The Bertz CT molecular complexity index is 274. The molecule has 0 bridgehead atoms. The fraction of sp³-hybridized carbons (Fsp3) is 0.571. The van der Waals surface area contributed by atoms with Gasteiger partial charge in [0, 0.05) is 5.41 Å². The van der Waals surface area contributed by atoms with Gasteiger partial charge in [-0.1, -0.05) is 44.1 Å². The summed E-state index contributed by atoms with van der Waals surface area (Å²) in [6.07, 6.45) is 15.9. The lowest BCUT2D eigenvalue weighted by atomic mass is 9.76. The molecule has 1 saturated carbocycles. The van der Waals surface area contributed by atoms with Crippen molar-refractivity contribution in [1.82, 2.24) is 0 Å². The smallest absolute Gasteiger partial charge is 0.0126 e. The Morgan fingerprint density at radius 3 is 2.64 bits per heavy atom. The minimum absolute atomic E-state index is 0.330. The summed E-state index contributed by atoms with van der Waals surface area (Å²) in [5.74, 6) is 0.724. The lowest BCUT2D eigenvalue weighted by Gasteiger charge is -2.29. The number of rotatable bonds is 2. The molecule has 0 aromatic carbocycles. The Kier molecular flexibility index (Phi) is 2.62. The van der Waals surface area contributed by atoms with Crippen molar-refractivity contribution < 1.29 is 0 Å². The van der Waals surface area contributed by atoms with Crippen LogP contribution in [0.1, 0.15) is 39.0 Å². The zero-order valence-corrected chi connectivity index (χ0v) is 9.13. The van der Waals surface area contributed by atoms with Crippen molar-refractivity contribution in [3.05, 3.63) is 36.5 Å². The molecule has 0 nitrogen and oxygen atoms in total. The Hall–Kier alpha value is -0.780. The van der Waals surface area contributed by atoms with Crippen LogP contribution >= 0.6 is 0 Å². The summed E-state index contributed by atoms with van der Waals surface area (Å²) in [7, 11) is 0. The predicted molar refractivity (Wildman–Crippen MR) is 62.1 cm³/mol. The van der Waals surface area contributed by atoms with Gasteiger partial charge in [0.25, 0.3) is 0 Å². The number of allylic oxidation sites excluding steroid dienone is 5. The third-order valence-electron chi connectivity index (χ3n) is 3.78. The normalized spacial score (nSPS) is 30.1. The van der Waals surface area contributed by atoms with Gasteiger partial charge in [0.15, 0.2) is 0 Å². The average molecular weight is 188 g/mol. The molecule has 0 heterocycles. The molecule has 0 amide bonds. The maximum atomic E-state index is 4.03. The highest BCUT2D eigenvalue weighted by Gasteiger charge is 2.33. The first-order valence-electron chi connectivity index (χ1n) is 5.79. The quantitative estimate of drug-likeness (QED) is 0.568. The highest BCUT2D eigenvalue weighted by Crippen LogP contribution is 2.46. The fourth-order valence-electron chi connectivity index (χ4n) is 2.71. The van der Waals surface area contributed by atoms with Gasteiger partial charge in [0.2, 0.25) is 0 Å². The van der Waals surface area contributed by atoms with Gasteiger partial charge in [0.1, 0.15) is 0 Å². The van der Waals surface area contributed by atoms with E-state index in [2.05, 4.69) is 37.8 Å². The zero-order valence-electron chi connectivity index (χ0n) is 9.13. The second-order valence-electron chi connectivity index (χ2n) is 4.80. The Morgan fingerprint density at radius 1 is 1.43 bits per heavy atom. The summed E-state index contributed by atoms with van der Waals surface area (Å²) in [5.41, 5.74) is 1.86. The average Bonchev–Trinajstić information content (AvgIpc) is 2.68. The molecule has 1 fully saturated rings. The standard InChI is InChI=1S/C14H20/c1-3-14(10-4-5-11-14)13-8-6-12(2)7-9-13/h3,6,8-9,12H,1,4-5,7,10-11H2,2H3. The molecule has 0 saturated heterocycles. The van der Waals surface area contributed by atoms with Crippen LogP contribution < -0.4 is 0 Å². The van der Waals surface area contributed by atoms with Gasteiger partial charge >= 0.3 is 0 Å². The minimum Gasteiger partial charge on any atom is -0.102 e. The summed E-state index contributed by atoms with van der Waals surface area (Å²) in [6, 6.07) is 0. The van der Waals surface area contributed by atoms with Crippen molar-refractivity contribution >= 4 is 0 Å². The van der Waals surface area contributed by atoms with E-state index in [-0.39, 0.29) is 0 Å². The molecule has 0 aromatic heterocycles. The third-order valence-corrected chi connectivity index (χ3v) is 3.78. The van der Waals surface area contributed by atoms with Gasteiger partial charge < -0.3 is 0 Å². The second-order valence-corrected chi connectivity index (χ2v) is 4.80. The molecule has 0 heteroatoms. The maximum Gasteiger partial charge on any atom is 0.0126 e. The predicted octanol–water partition coefficient (Wildman–Crippen LogP) is 4.26. The van der Waals surface area contributed by atoms with Crippen LogP contribution in [-0.2, 0) is 0 Å². The van der Waals surface area contributed by atoms with Crippen LogP contribution in [0.5, 0.6) is 0 Å². The monoisotopic (exact) mass is 188 g/mol. The first-order chi connectivity index (χ1) is 6.77. The van der Waals surface area contributed by atoms with Crippen LogP contribution in [0, 0.1) is 11.3 Å². The van der Waals surface area contributed by atoms with Crippen molar-refractivity contribution in [3.63, 3.8) is 0 Å². The van der Waals surface area contributed by atoms with Crippen LogP contribution in [-0.4, -0.2) is 0 Å². The summed E-state index contributed by atoms with van der Waals surface area (Å²) < 4.78 is 0. The van der Waals surface area contributed by atoms with Gasteiger partial charge in [-0.15, -0.1) is 6.58 Å². The molecule has 0 N–H and O–H groups in total. The molecule has 0 radical (unpaired) electrons. The van der Waals surface area contributed by atoms with E-state index in [9.17, 15) is 0 Å². The first-order valence-corrected chi connectivity index (χ1v) is 5.79. The summed E-state index contributed by atoms with van der Waals surface area (Å²) in [6.45, 7) is 6.31. The summed E-state index contributed by atoms with van der Waals surface area (Å²) in [4.78, 5) is 0. The molecular formula is C14H20. The van der Waals surface area contributed by atoms with Gasteiger partial charge in [-0.05, 0) is 30.8 Å². The Labute approximate surface area is 87.4 Å². The van der Waals surface area contributed by atoms with Crippen LogP contribution in [0.25, 0.3) is 0 Å². The highest BCUT2D eigenvalue weighted by atomic mass is 14.4. The summed E-state index contributed by atoms with van der Waals surface area (Å²) >= 11 is 0. The van der Waals surface area contributed by atoms with Gasteiger partial charge in [-0.3, -0.25) is 0 Å². The summed E-state index contributed by atoms with van der Waals surface area (Å²) in [5, 5.41) is 0. The van der Waals surface area contributed by atoms with E-state index in [1.165, 1.54) is 37.7 Å². The van der Waals surface area contributed by atoms with Gasteiger partial charge in [-0.2, -0.15) is 0 Å². The Balaban J connectivity index is 2.21. The van der Waals surface area contributed by atoms with Crippen LogP contribution in [0.15, 0.2) is 36.5 Å². The Morgan fingerprint density at radius 2 is 2.14 bits per heavy atom. The molecule has 76 valence electrons. The SMILES string of the molecule is C=CC1(C2=CCC(C)C=C2)CCCC1. The molecule has 0 aliphatic heterocycles. The lowest BCUT2D eigenvalue weighted by molar-refractivity contribution is 0.483. The highest BCUT2D eigenvalue weighted by molar-refractivity contribution is 5.34. The van der Waals surface area contributed by atoms with E-state index in [0.29, 0.717) is 5.41 Å². The van der Waals surface area contributed by atoms with Crippen molar-refractivity contribution in [3.8, 4) is 0 Å². The third kappa shape index (κ3) is 1.58. The lowest BCUT2D eigenvalue weighted by Crippen LogP contribution is -2.16. The molecule has 2 aliphatic rings. The van der Waals surface area contributed by atoms with E-state index in [1.807, 2.05) is 0 Å². The number of hydrogen-bond acceptors (Lipinski definition) is 0. The molecule has 0 aromatic rings. The van der Waals surface area contributed by atoms with Gasteiger partial charge in [-0.25, -0.2) is 0 Å². The van der Waals surface area contributed by atoms with E-state index in [1.54, 1.807) is 0 Å². The van der Waals surface area contributed by atoms with E-state index >= 15 is 0 Å². The van der Waals surface area contributed by atoms with Crippen LogP contribution in [0.4, 0.5) is 0 Å². The zero-order chi connectivity index (χ0) is 10.0. The van der Waals surface area contributed by atoms with Gasteiger partial charge in [0.05, 0.1) is 0 Å². The molecular weight excluding hydrogens is 168 g/mol. The molecule has 2 aliphatic carbocycles. The topological polar surface area (TPSA) is 0 Å². The van der Waals surface area contributed by atoms with E-state index < -0.39 is 0 Å². The van der Waals surface area contributed by atoms with Crippen LogP contribution in [0.2, 0.25) is 0 Å². The largest absolute Gasteiger partial charge is 0.102 e. The molecule has 1 unspecified atom stereocenters. The van der Waals surface area contributed by atoms with E-state index in [0.717, 1.165) is 5.92 Å². The minimum atomic E-state index is 0.330. The van der Waals surface area contributed by atoms with Crippen molar-refractivity contribution in [2.45, 2.75) is 39.0 Å². The van der Waals surface area contributed by atoms with Crippen molar-refractivity contribution in [1.29, 1.82) is 0 Å². The van der Waals surface area contributed by atoms with E-state index in [4.69, 9.17) is 0 Å². The molecule has 1 atom stereocenters. The first kappa shape index (κ1) is 9.76. The second kappa shape index (κ2) is 3.76. The maximum absolute atomic E-state index is 4.03. The molecule has 2 rings (SSSR count).